The molecule has 0 bridgehead atoms. The predicted molar refractivity (Wildman–Crippen MR) is 76.8 cm³/mol. The quantitative estimate of drug-likeness (QED) is 0.876. The summed E-state index contributed by atoms with van der Waals surface area (Å²) in [5.41, 5.74) is 0.157. The Morgan fingerprint density at radius 3 is 2.60 bits per heavy atom. The third kappa shape index (κ3) is 5.57. The minimum Gasteiger partial charge on any atom is -0.481 e. The van der Waals surface area contributed by atoms with Gasteiger partial charge in [0.25, 0.3) is 5.91 Å². The van der Waals surface area contributed by atoms with E-state index in [0.29, 0.717) is 11.4 Å². The molecule has 0 aliphatic rings. The van der Waals surface area contributed by atoms with E-state index in [1.807, 2.05) is 20.8 Å². The van der Waals surface area contributed by atoms with Gasteiger partial charge in [0.1, 0.15) is 0 Å². The second kappa shape index (κ2) is 6.70. The minimum atomic E-state index is -0.947. The van der Waals surface area contributed by atoms with Gasteiger partial charge in [0.2, 0.25) is 0 Å². The fraction of sp³-hybridized carbons (Fsp3) is 0.500. The summed E-state index contributed by atoms with van der Waals surface area (Å²) in [6.45, 7) is 5.97. The van der Waals surface area contributed by atoms with Gasteiger partial charge in [-0.3, -0.25) is 14.6 Å². The van der Waals surface area contributed by atoms with Crippen molar-refractivity contribution in [2.45, 2.75) is 39.7 Å². The first-order valence-electron chi connectivity index (χ1n) is 6.31. The van der Waals surface area contributed by atoms with Crippen LogP contribution in [0.15, 0.2) is 18.5 Å². The number of amides is 1. The van der Waals surface area contributed by atoms with Gasteiger partial charge in [0.05, 0.1) is 17.0 Å². The van der Waals surface area contributed by atoms with Crippen molar-refractivity contribution in [3.05, 3.63) is 29.0 Å². The van der Waals surface area contributed by atoms with Gasteiger partial charge in [0, 0.05) is 18.4 Å². The normalized spacial score (nSPS) is 12.8. The molecule has 1 heterocycles. The lowest BCUT2D eigenvalue weighted by Gasteiger charge is -2.25. The monoisotopic (exact) mass is 298 g/mol. The van der Waals surface area contributed by atoms with Crippen LogP contribution in [0.5, 0.6) is 0 Å². The fourth-order valence-electron chi connectivity index (χ4n) is 1.93. The lowest BCUT2D eigenvalue weighted by Crippen LogP contribution is -2.39. The summed E-state index contributed by atoms with van der Waals surface area (Å²) in [7, 11) is 0. The fourth-order valence-corrected chi connectivity index (χ4v) is 2.12. The van der Waals surface area contributed by atoms with Crippen LogP contribution < -0.4 is 5.32 Å². The van der Waals surface area contributed by atoms with Gasteiger partial charge in [-0.15, -0.1) is 0 Å². The topological polar surface area (TPSA) is 79.3 Å². The molecule has 1 amide bonds. The van der Waals surface area contributed by atoms with Gasteiger partial charge in [-0.1, -0.05) is 32.4 Å². The molecular weight excluding hydrogens is 280 g/mol. The van der Waals surface area contributed by atoms with Crippen molar-refractivity contribution in [2.24, 2.45) is 5.41 Å². The van der Waals surface area contributed by atoms with Gasteiger partial charge < -0.3 is 10.4 Å². The highest BCUT2D eigenvalue weighted by atomic mass is 35.5. The summed E-state index contributed by atoms with van der Waals surface area (Å²) in [5, 5.41) is 11.9. The molecule has 0 aromatic carbocycles. The Labute approximate surface area is 123 Å². The van der Waals surface area contributed by atoms with Gasteiger partial charge in [-0.05, 0) is 17.9 Å². The van der Waals surface area contributed by atoms with Gasteiger partial charge in [-0.2, -0.15) is 0 Å². The molecule has 1 atom stereocenters. The molecule has 5 nitrogen and oxygen atoms in total. The summed E-state index contributed by atoms with van der Waals surface area (Å²) >= 11 is 5.92. The molecule has 0 saturated carbocycles. The van der Waals surface area contributed by atoms with Crippen LogP contribution in [0.2, 0.25) is 5.02 Å². The number of carbonyl (C=O) groups excluding carboxylic acids is 1. The molecule has 0 saturated heterocycles. The van der Waals surface area contributed by atoms with Crippen molar-refractivity contribution in [3.8, 4) is 0 Å². The number of carboxylic acids is 1. The predicted octanol–water partition coefficient (Wildman–Crippen LogP) is 2.74. The molecule has 6 heteroatoms. The molecule has 0 aliphatic carbocycles. The van der Waals surface area contributed by atoms with Crippen molar-refractivity contribution in [3.63, 3.8) is 0 Å². The van der Waals surface area contributed by atoms with Crippen LogP contribution in [0.1, 0.15) is 44.0 Å². The summed E-state index contributed by atoms with van der Waals surface area (Å²) in [6.07, 6.45) is 3.29. The van der Waals surface area contributed by atoms with Crippen LogP contribution in [0.4, 0.5) is 0 Å². The standard InChI is InChI=1S/C14H19ClN2O3/c1-14(2,3)7-9(6-12(18)19)17-13(20)10-8-16-5-4-11(10)15/h4-5,8-9H,6-7H2,1-3H3,(H,17,20)(H,18,19). The van der Waals surface area contributed by atoms with Crippen molar-refractivity contribution >= 4 is 23.5 Å². The highest BCUT2D eigenvalue weighted by Gasteiger charge is 2.23. The lowest BCUT2D eigenvalue weighted by molar-refractivity contribution is -0.137. The number of aliphatic carboxylic acids is 1. The molecule has 1 rings (SSSR count). The number of aromatic nitrogens is 1. The molecule has 1 unspecified atom stereocenters. The van der Waals surface area contributed by atoms with Crippen LogP contribution >= 0.6 is 11.6 Å². The van der Waals surface area contributed by atoms with E-state index in [4.69, 9.17) is 16.7 Å². The Balaban J connectivity index is 2.81. The Hall–Kier alpha value is -1.62. The van der Waals surface area contributed by atoms with Crippen LogP contribution in [0, 0.1) is 5.41 Å². The second-order valence-corrected chi connectivity index (χ2v) is 6.30. The molecule has 0 radical (unpaired) electrons. The van der Waals surface area contributed by atoms with E-state index in [1.54, 1.807) is 0 Å². The first-order chi connectivity index (χ1) is 9.19. The maximum absolute atomic E-state index is 12.1. The molecule has 20 heavy (non-hydrogen) atoms. The van der Waals surface area contributed by atoms with E-state index >= 15 is 0 Å². The first-order valence-corrected chi connectivity index (χ1v) is 6.69. The van der Waals surface area contributed by atoms with Crippen molar-refractivity contribution in [1.29, 1.82) is 0 Å². The number of carboxylic acid groups (broad SMARTS) is 1. The Morgan fingerprint density at radius 2 is 2.10 bits per heavy atom. The maximum Gasteiger partial charge on any atom is 0.305 e. The second-order valence-electron chi connectivity index (χ2n) is 5.89. The number of hydrogen-bond acceptors (Lipinski definition) is 3. The van der Waals surface area contributed by atoms with E-state index in [2.05, 4.69) is 10.3 Å². The zero-order valence-corrected chi connectivity index (χ0v) is 12.6. The molecule has 110 valence electrons. The molecule has 0 spiro atoms. The Morgan fingerprint density at radius 1 is 1.45 bits per heavy atom. The number of hydrogen-bond donors (Lipinski definition) is 2. The van der Waals surface area contributed by atoms with E-state index in [-0.39, 0.29) is 17.4 Å². The number of pyridine rings is 1. The summed E-state index contributed by atoms with van der Waals surface area (Å²) in [4.78, 5) is 26.9. The number of nitrogens with one attached hydrogen (secondary N) is 1. The summed E-state index contributed by atoms with van der Waals surface area (Å²) in [6, 6.07) is 1.07. The van der Waals surface area contributed by atoms with Crippen molar-refractivity contribution in [2.75, 3.05) is 0 Å². The largest absolute Gasteiger partial charge is 0.481 e. The zero-order valence-electron chi connectivity index (χ0n) is 11.8. The highest BCUT2D eigenvalue weighted by molar-refractivity contribution is 6.33. The molecule has 0 aliphatic heterocycles. The SMILES string of the molecule is CC(C)(C)CC(CC(=O)O)NC(=O)c1cnccc1Cl. The summed E-state index contributed by atoms with van der Waals surface area (Å²) in [5.74, 6) is -1.35. The first kappa shape index (κ1) is 16.4. The molecular formula is C14H19ClN2O3. The zero-order chi connectivity index (χ0) is 15.3. The van der Waals surface area contributed by atoms with Crippen LogP contribution in [0.3, 0.4) is 0 Å². The molecule has 1 aromatic rings. The lowest BCUT2D eigenvalue weighted by atomic mass is 9.87. The number of halogens is 1. The summed E-state index contributed by atoms with van der Waals surface area (Å²) < 4.78 is 0. The average molecular weight is 299 g/mol. The number of carbonyl (C=O) groups is 2. The van der Waals surface area contributed by atoms with E-state index < -0.39 is 17.9 Å². The smallest absolute Gasteiger partial charge is 0.305 e. The van der Waals surface area contributed by atoms with Crippen molar-refractivity contribution in [1.82, 2.24) is 10.3 Å². The average Bonchev–Trinajstić information content (AvgIpc) is 2.25. The highest BCUT2D eigenvalue weighted by Crippen LogP contribution is 2.23. The van der Waals surface area contributed by atoms with E-state index in [0.717, 1.165) is 0 Å². The number of rotatable bonds is 5. The van der Waals surface area contributed by atoms with E-state index in [9.17, 15) is 9.59 Å². The number of nitrogens with zero attached hydrogens (tertiary/aromatic N) is 1. The van der Waals surface area contributed by atoms with Crippen LogP contribution in [-0.2, 0) is 4.79 Å². The van der Waals surface area contributed by atoms with Gasteiger partial charge >= 0.3 is 5.97 Å². The minimum absolute atomic E-state index is 0.0911. The molecule has 1 aromatic heterocycles. The van der Waals surface area contributed by atoms with E-state index in [1.165, 1.54) is 18.5 Å². The molecule has 2 N–H and O–H groups in total. The van der Waals surface area contributed by atoms with Gasteiger partial charge in [-0.25, -0.2) is 0 Å². The maximum atomic E-state index is 12.1. The Kier molecular flexibility index (Phi) is 5.51. The van der Waals surface area contributed by atoms with Crippen LogP contribution in [-0.4, -0.2) is 28.0 Å². The van der Waals surface area contributed by atoms with Crippen LogP contribution in [0.25, 0.3) is 0 Å². The van der Waals surface area contributed by atoms with Crippen molar-refractivity contribution < 1.29 is 14.7 Å². The van der Waals surface area contributed by atoms with Gasteiger partial charge in [0.15, 0.2) is 0 Å². The third-order valence-corrected chi connectivity index (χ3v) is 2.96. The third-order valence-electron chi connectivity index (χ3n) is 2.63. The molecule has 0 fully saturated rings. The Bertz CT molecular complexity index is 497.